The first kappa shape index (κ1) is 62.1. The van der Waals surface area contributed by atoms with E-state index < -0.39 is 83.9 Å². The number of amides is 1. The van der Waals surface area contributed by atoms with Gasteiger partial charge in [-0.15, -0.1) is 0 Å². The molecule has 414 valence electrons. The molecule has 0 aromatic heterocycles. The van der Waals surface area contributed by atoms with Gasteiger partial charge in [-0.25, -0.2) is 4.79 Å². The predicted octanol–water partition coefficient (Wildman–Crippen LogP) is 5.58. The maximum Gasteiger partial charge on any atom is 0.329 e. The molecule has 0 radical (unpaired) electrons. The number of carbonyl (C=O) groups excluding carboxylic acids is 5. The van der Waals surface area contributed by atoms with E-state index in [4.69, 9.17) is 38.3 Å². The molecular formula is C56H89NO16. The number of piperidine rings is 1. The molecule has 3 fully saturated rings. The van der Waals surface area contributed by atoms with Crippen LogP contribution in [0.2, 0.25) is 0 Å². The van der Waals surface area contributed by atoms with Crippen LogP contribution in [-0.4, -0.2) is 170 Å². The third-order valence-electron chi connectivity index (χ3n) is 15.3. The van der Waals surface area contributed by atoms with E-state index in [0.717, 1.165) is 5.57 Å². The zero-order chi connectivity index (χ0) is 53.8. The molecule has 15 atom stereocenters. The smallest absolute Gasteiger partial charge is 0.329 e. The average Bonchev–Trinajstić information content (AvgIpc) is 3.37. The Morgan fingerprint density at radius 1 is 0.822 bits per heavy atom. The van der Waals surface area contributed by atoms with Crippen LogP contribution < -0.4 is 0 Å². The molecule has 73 heavy (non-hydrogen) atoms. The van der Waals surface area contributed by atoms with Crippen molar-refractivity contribution in [3.05, 3.63) is 47.6 Å². The van der Waals surface area contributed by atoms with Gasteiger partial charge >= 0.3 is 5.97 Å². The molecule has 17 nitrogen and oxygen atoms in total. The molecule has 0 aromatic carbocycles. The summed E-state index contributed by atoms with van der Waals surface area (Å²) < 4.78 is 41.0. The molecule has 2 saturated heterocycles. The number of cyclic esters (lactones) is 1. The number of hydrogen-bond donors (Lipinski definition) is 4. The Bertz CT molecular complexity index is 1900. The van der Waals surface area contributed by atoms with Crippen molar-refractivity contribution in [2.75, 3.05) is 60.4 Å². The monoisotopic (exact) mass is 1030 g/mol. The molecule has 4 aliphatic rings. The number of Topliss-reactive ketones (excluding diaryl/α,β-unsaturated/α-hetero) is 3. The highest BCUT2D eigenvalue weighted by atomic mass is 16.6. The van der Waals surface area contributed by atoms with Gasteiger partial charge in [-0.1, -0.05) is 71.1 Å². The van der Waals surface area contributed by atoms with Crippen molar-refractivity contribution in [2.24, 2.45) is 35.5 Å². The first-order valence-corrected chi connectivity index (χ1v) is 26.8. The lowest BCUT2D eigenvalue weighted by Crippen LogP contribution is -2.61. The molecule has 4 rings (SSSR count). The second-order valence-corrected chi connectivity index (χ2v) is 21.2. The van der Waals surface area contributed by atoms with E-state index in [-0.39, 0.29) is 87.7 Å². The fourth-order valence-electron chi connectivity index (χ4n) is 10.7. The van der Waals surface area contributed by atoms with E-state index in [1.165, 1.54) is 12.0 Å². The van der Waals surface area contributed by atoms with Gasteiger partial charge in [-0.3, -0.25) is 19.2 Å². The van der Waals surface area contributed by atoms with Gasteiger partial charge in [0.2, 0.25) is 5.79 Å². The number of hydrogen-bond acceptors (Lipinski definition) is 16. The van der Waals surface area contributed by atoms with Crippen LogP contribution in [0.3, 0.4) is 0 Å². The van der Waals surface area contributed by atoms with Crippen LogP contribution in [0.4, 0.5) is 0 Å². The number of aliphatic hydroxyl groups is 4. The fraction of sp³-hybridized carbons (Fsp3) is 0.768. The van der Waals surface area contributed by atoms with Gasteiger partial charge in [0.1, 0.15) is 30.1 Å². The molecule has 0 unspecified atom stereocenters. The standard InChI is InChI=1S/C56H89NO16/c1-35-15-11-10-12-16-36(2)47(71-28-27-70-26-25-69-24-23-58)33-43-20-18-41(7)56(66,73-43)53(63)54(64)57-22-14-13-17-44(57)55(65)72-48(38(4)31-42-19-21-45(59)49(32-42)67-8)34-46(60)37(3)30-40(6)51(62)52(68-9)50(61)39(5)29-35/h10-12,15-16,30,35,37-39,41-45,47-49,51-52,58-59,62,66H,13-14,17-29,31-34H2,1-9H3/t35-,37-,38-,39-,41-,42+,43+,44+,45-,47+,48+,49-,51-,52+,56-/m1/s1. The van der Waals surface area contributed by atoms with E-state index >= 15 is 0 Å². The molecule has 1 saturated carbocycles. The summed E-state index contributed by atoms with van der Waals surface area (Å²) in [5.74, 6) is -8.31. The summed E-state index contributed by atoms with van der Waals surface area (Å²) in [6, 6.07) is -1.17. The lowest BCUT2D eigenvalue weighted by atomic mass is 9.78. The highest BCUT2D eigenvalue weighted by Gasteiger charge is 2.53. The summed E-state index contributed by atoms with van der Waals surface area (Å²) in [5.41, 5.74) is 1.20. The zero-order valence-electron chi connectivity index (χ0n) is 45.1. The number of nitrogens with zero attached hydrogens (tertiary/aromatic N) is 1. The summed E-state index contributed by atoms with van der Waals surface area (Å²) in [7, 11) is 2.93. The molecule has 3 heterocycles. The SMILES string of the molecule is CO[C@@H]1C[C@H](C[C@@H](C)[C@@H]2CC(=O)[C@H](C)C=C(C)[C@@H](O)[C@@H](OC)C(=O)[C@H](C)C[C@H](C)C=CC=CC=C(C)[C@@H](OCCOCCOCCO)C[C@@H]3CC[C@@H](C)[C@@](O)(O3)C(=O)C(=O)N3CCCC[C@H]3C(=O)O2)CC[C@H]1O. The van der Waals surface area contributed by atoms with Crippen molar-refractivity contribution >= 4 is 29.2 Å². The second kappa shape index (κ2) is 30.9. The predicted molar refractivity (Wildman–Crippen MR) is 273 cm³/mol. The quantitative estimate of drug-likeness (QED) is 0.0720. The first-order chi connectivity index (χ1) is 34.7. The van der Waals surface area contributed by atoms with Crippen molar-refractivity contribution in [2.45, 2.75) is 180 Å². The topological polar surface area (TPSA) is 234 Å². The van der Waals surface area contributed by atoms with Crippen LogP contribution in [0.15, 0.2) is 47.6 Å². The minimum Gasteiger partial charge on any atom is -0.460 e. The molecule has 3 aliphatic heterocycles. The van der Waals surface area contributed by atoms with Gasteiger partial charge < -0.3 is 58.5 Å². The fourth-order valence-corrected chi connectivity index (χ4v) is 10.7. The van der Waals surface area contributed by atoms with Gasteiger partial charge in [-0.05, 0) is 107 Å². The molecular weight excluding hydrogens is 943 g/mol. The molecule has 4 N–H and O–H groups in total. The van der Waals surface area contributed by atoms with Crippen LogP contribution in [-0.2, 0) is 57.1 Å². The Hall–Kier alpha value is -3.49. The molecule has 0 aromatic rings. The highest BCUT2D eigenvalue weighted by molar-refractivity contribution is 6.39. The van der Waals surface area contributed by atoms with Crippen LogP contribution in [0.1, 0.15) is 126 Å². The number of ether oxygens (including phenoxy) is 7. The number of aliphatic hydroxyl groups excluding tert-OH is 3. The van der Waals surface area contributed by atoms with Crippen molar-refractivity contribution in [3.63, 3.8) is 0 Å². The van der Waals surface area contributed by atoms with Crippen LogP contribution >= 0.6 is 0 Å². The van der Waals surface area contributed by atoms with E-state index in [2.05, 4.69) is 0 Å². The number of allylic oxidation sites excluding steroid dienone is 6. The van der Waals surface area contributed by atoms with E-state index in [1.54, 1.807) is 40.9 Å². The Morgan fingerprint density at radius 3 is 2.23 bits per heavy atom. The molecule has 0 spiro atoms. The maximum atomic E-state index is 14.5. The minimum atomic E-state index is -2.49. The van der Waals surface area contributed by atoms with E-state index in [1.807, 2.05) is 51.2 Å². The lowest BCUT2D eigenvalue weighted by Gasteiger charge is -2.43. The number of esters is 1. The maximum absolute atomic E-state index is 14.5. The third kappa shape index (κ3) is 18.4. The largest absolute Gasteiger partial charge is 0.460 e. The zero-order valence-corrected chi connectivity index (χ0v) is 45.1. The Morgan fingerprint density at radius 2 is 1.53 bits per heavy atom. The summed E-state index contributed by atoms with van der Waals surface area (Å²) in [5, 5.41) is 43.1. The number of carbonyl (C=O) groups is 5. The third-order valence-corrected chi connectivity index (χ3v) is 15.3. The summed E-state index contributed by atoms with van der Waals surface area (Å²) in [6.45, 7) is 13.8. The number of fused-ring (bicyclic) bond motifs is 3. The highest BCUT2D eigenvalue weighted by Crippen LogP contribution is 2.38. The van der Waals surface area contributed by atoms with Crippen LogP contribution in [0, 0.1) is 35.5 Å². The minimum absolute atomic E-state index is 0.0192. The molecule has 2 bridgehead atoms. The molecule has 17 heteroatoms. The van der Waals surface area contributed by atoms with Gasteiger partial charge in [0.15, 0.2) is 5.78 Å². The summed E-state index contributed by atoms with van der Waals surface area (Å²) in [6.07, 6.45) is 10.4. The van der Waals surface area contributed by atoms with Gasteiger partial charge in [-0.2, -0.15) is 0 Å². The van der Waals surface area contributed by atoms with Crippen molar-refractivity contribution in [1.82, 2.24) is 4.90 Å². The Labute approximate surface area is 434 Å². The first-order valence-electron chi connectivity index (χ1n) is 26.8. The van der Waals surface area contributed by atoms with Crippen molar-refractivity contribution < 1.29 is 77.6 Å². The van der Waals surface area contributed by atoms with Crippen molar-refractivity contribution in [3.8, 4) is 0 Å². The van der Waals surface area contributed by atoms with Gasteiger partial charge in [0, 0.05) is 51.4 Å². The van der Waals surface area contributed by atoms with E-state index in [0.29, 0.717) is 76.6 Å². The summed E-state index contributed by atoms with van der Waals surface area (Å²) >= 11 is 0. The lowest BCUT2D eigenvalue weighted by molar-refractivity contribution is -0.266. The number of ketones is 3. The van der Waals surface area contributed by atoms with Crippen LogP contribution in [0.5, 0.6) is 0 Å². The average molecular weight is 1030 g/mol. The van der Waals surface area contributed by atoms with Crippen LogP contribution in [0.25, 0.3) is 0 Å². The van der Waals surface area contributed by atoms with E-state index in [9.17, 15) is 39.3 Å². The molecule has 1 aliphatic carbocycles. The van der Waals surface area contributed by atoms with Crippen molar-refractivity contribution in [1.29, 1.82) is 0 Å². The number of rotatable bonds is 14. The Kier molecular flexibility index (Phi) is 26.3. The normalized spacial score (nSPS) is 35.0. The summed E-state index contributed by atoms with van der Waals surface area (Å²) in [4.78, 5) is 72.5. The van der Waals surface area contributed by atoms with Gasteiger partial charge in [0.25, 0.3) is 11.7 Å². The second-order valence-electron chi connectivity index (χ2n) is 21.2. The Balaban J connectivity index is 1.69. The van der Waals surface area contributed by atoms with Gasteiger partial charge in [0.05, 0.1) is 64.1 Å². The number of methoxy groups -OCH3 is 2. The molecule has 1 amide bonds.